The average Bonchev–Trinajstić information content (AvgIpc) is 2.50. The van der Waals surface area contributed by atoms with Crippen LogP contribution in [0.4, 0.5) is 0 Å². The minimum Gasteiger partial charge on any atom is -0.291 e. The maximum absolute atomic E-state index is 12.6. The minimum absolute atomic E-state index is 0.0702. The Hall–Kier alpha value is -1.84. The van der Waals surface area contributed by atoms with Crippen molar-refractivity contribution in [2.24, 2.45) is 0 Å². The van der Waals surface area contributed by atoms with Gasteiger partial charge in [-0.2, -0.15) is 0 Å². The first-order chi connectivity index (χ1) is 10.1. The second kappa shape index (κ2) is 5.51. The highest BCUT2D eigenvalue weighted by atomic mass is 35.5. The van der Waals surface area contributed by atoms with E-state index in [9.17, 15) is 4.79 Å². The largest absolute Gasteiger partial charge is 0.291 e. The van der Waals surface area contributed by atoms with Crippen LogP contribution in [0.15, 0.2) is 53.6 Å². The van der Waals surface area contributed by atoms with E-state index < -0.39 is 0 Å². The summed E-state index contributed by atoms with van der Waals surface area (Å²) in [5.74, 6) is 0. The summed E-state index contributed by atoms with van der Waals surface area (Å²) in [7, 11) is 0. The number of halogens is 2. The summed E-state index contributed by atoms with van der Waals surface area (Å²) in [5.41, 5.74) is 1.53. The Labute approximate surface area is 131 Å². The van der Waals surface area contributed by atoms with E-state index >= 15 is 0 Å². The quantitative estimate of drug-likeness (QED) is 0.705. The molecule has 0 N–H and O–H groups in total. The molecular weight excluding hydrogens is 307 g/mol. The molecule has 5 heteroatoms. The monoisotopic (exact) mass is 318 g/mol. The molecule has 21 heavy (non-hydrogen) atoms. The Kier molecular flexibility index (Phi) is 3.70. The molecule has 106 valence electrons. The molecule has 3 nitrogen and oxygen atoms in total. The standard InChI is InChI=1S/C16H12Cl2N2O/c1-10(11-6-7-13(17)14(18)8-11)20-9-19-15-5-3-2-4-12(15)16(20)21/h2-10H,1H3. The molecule has 0 fully saturated rings. The number of aromatic nitrogens is 2. The first kappa shape index (κ1) is 14.1. The van der Waals surface area contributed by atoms with Crippen molar-refractivity contribution in [1.29, 1.82) is 0 Å². The van der Waals surface area contributed by atoms with E-state index in [4.69, 9.17) is 23.2 Å². The van der Waals surface area contributed by atoms with Crippen LogP contribution in [0.3, 0.4) is 0 Å². The molecular formula is C16H12Cl2N2O. The van der Waals surface area contributed by atoms with E-state index in [1.165, 1.54) is 0 Å². The van der Waals surface area contributed by atoms with Crippen LogP contribution in [-0.4, -0.2) is 9.55 Å². The Balaban J connectivity index is 2.13. The number of fused-ring (bicyclic) bond motifs is 1. The van der Waals surface area contributed by atoms with Crippen molar-refractivity contribution < 1.29 is 0 Å². The fraction of sp³-hybridized carbons (Fsp3) is 0.125. The molecule has 1 unspecified atom stereocenters. The number of para-hydroxylation sites is 1. The van der Waals surface area contributed by atoms with Gasteiger partial charge in [-0.25, -0.2) is 4.98 Å². The van der Waals surface area contributed by atoms with E-state index in [-0.39, 0.29) is 11.6 Å². The summed E-state index contributed by atoms with van der Waals surface area (Å²) in [6.45, 7) is 1.93. The fourth-order valence-corrected chi connectivity index (χ4v) is 2.60. The number of benzene rings is 2. The molecule has 0 saturated heterocycles. The third kappa shape index (κ3) is 2.55. The highest BCUT2D eigenvalue weighted by molar-refractivity contribution is 6.42. The van der Waals surface area contributed by atoms with Crippen molar-refractivity contribution >= 4 is 34.1 Å². The first-order valence-corrected chi connectivity index (χ1v) is 7.24. The van der Waals surface area contributed by atoms with E-state index in [1.54, 1.807) is 29.1 Å². The SMILES string of the molecule is CC(c1ccc(Cl)c(Cl)c1)n1cnc2ccccc2c1=O. The summed E-state index contributed by atoms with van der Waals surface area (Å²) >= 11 is 12.0. The van der Waals surface area contributed by atoms with Gasteiger partial charge in [0.2, 0.25) is 0 Å². The number of hydrogen-bond acceptors (Lipinski definition) is 2. The molecule has 1 atom stereocenters. The summed E-state index contributed by atoms with van der Waals surface area (Å²) in [6, 6.07) is 12.5. The molecule has 0 amide bonds. The Morgan fingerprint density at radius 1 is 1.10 bits per heavy atom. The second-order valence-electron chi connectivity index (χ2n) is 4.82. The zero-order valence-corrected chi connectivity index (χ0v) is 12.8. The molecule has 0 saturated carbocycles. The summed E-state index contributed by atoms with van der Waals surface area (Å²) in [6.07, 6.45) is 1.57. The number of rotatable bonds is 2. The lowest BCUT2D eigenvalue weighted by molar-refractivity contribution is 0.609. The van der Waals surface area contributed by atoms with Crippen LogP contribution in [-0.2, 0) is 0 Å². The van der Waals surface area contributed by atoms with Crippen LogP contribution in [0.1, 0.15) is 18.5 Å². The van der Waals surface area contributed by atoms with Crippen LogP contribution in [0, 0.1) is 0 Å². The van der Waals surface area contributed by atoms with Gasteiger partial charge in [-0.05, 0) is 36.8 Å². The number of nitrogens with zero attached hydrogens (tertiary/aromatic N) is 2. The van der Waals surface area contributed by atoms with Gasteiger partial charge in [0.1, 0.15) is 0 Å². The van der Waals surface area contributed by atoms with Gasteiger partial charge in [-0.15, -0.1) is 0 Å². The number of hydrogen-bond donors (Lipinski definition) is 0. The van der Waals surface area contributed by atoms with E-state index in [1.807, 2.05) is 31.2 Å². The second-order valence-corrected chi connectivity index (χ2v) is 5.64. The van der Waals surface area contributed by atoms with Crippen molar-refractivity contribution in [2.45, 2.75) is 13.0 Å². The predicted octanol–water partition coefficient (Wildman–Crippen LogP) is 4.31. The molecule has 0 bridgehead atoms. The Morgan fingerprint density at radius 2 is 1.86 bits per heavy atom. The lowest BCUT2D eigenvalue weighted by Gasteiger charge is -2.16. The van der Waals surface area contributed by atoms with Gasteiger partial charge in [0.15, 0.2) is 0 Å². The lowest BCUT2D eigenvalue weighted by atomic mass is 10.1. The van der Waals surface area contributed by atoms with Crippen LogP contribution in [0.2, 0.25) is 10.0 Å². The van der Waals surface area contributed by atoms with Crippen LogP contribution in [0.25, 0.3) is 10.9 Å². The normalized spacial score (nSPS) is 12.5. The Bertz CT molecular complexity index is 874. The van der Waals surface area contributed by atoms with E-state index in [0.717, 1.165) is 5.56 Å². The van der Waals surface area contributed by atoms with Crippen LogP contribution in [0.5, 0.6) is 0 Å². The Morgan fingerprint density at radius 3 is 2.62 bits per heavy atom. The summed E-state index contributed by atoms with van der Waals surface area (Å²) < 4.78 is 1.60. The average molecular weight is 319 g/mol. The summed E-state index contributed by atoms with van der Waals surface area (Å²) in [5, 5.41) is 1.58. The first-order valence-electron chi connectivity index (χ1n) is 6.49. The molecule has 0 aliphatic rings. The molecule has 0 aliphatic heterocycles. The fourth-order valence-electron chi connectivity index (χ4n) is 2.29. The molecule has 0 radical (unpaired) electrons. The maximum Gasteiger partial charge on any atom is 0.261 e. The molecule has 1 aromatic heterocycles. The van der Waals surface area contributed by atoms with Gasteiger partial charge in [0, 0.05) is 0 Å². The van der Waals surface area contributed by atoms with E-state index in [2.05, 4.69) is 4.98 Å². The van der Waals surface area contributed by atoms with Gasteiger partial charge in [-0.3, -0.25) is 9.36 Å². The van der Waals surface area contributed by atoms with Gasteiger partial charge in [0.05, 0.1) is 33.3 Å². The van der Waals surface area contributed by atoms with Crippen molar-refractivity contribution in [3.63, 3.8) is 0 Å². The van der Waals surface area contributed by atoms with Gasteiger partial charge in [-0.1, -0.05) is 41.4 Å². The highest BCUT2D eigenvalue weighted by Gasteiger charge is 2.13. The zero-order valence-electron chi connectivity index (χ0n) is 11.3. The van der Waals surface area contributed by atoms with Crippen LogP contribution >= 0.6 is 23.2 Å². The highest BCUT2D eigenvalue weighted by Crippen LogP contribution is 2.26. The molecule has 0 aliphatic carbocycles. The third-order valence-electron chi connectivity index (χ3n) is 3.53. The smallest absolute Gasteiger partial charge is 0.261 e. The maximum atomic E-state index is 12.6. The zero-order chi connectivity index (χ0) is 15.0. The summed E-state index contributed by atoms with van der Waals surface area (Å²) in [4.78, 5) is 16.9. The van der Waals surface area contributed by atoms with E-state index in [0.29, 0.717) is 20.9 Å². The van der Waals surface area contributed by atoms with Gasteiger partial charge < -0.3 is 0 Å². The predicted molar refractivity (Wildman–Crippen MR) is 86.3 cm³/mol. The minimum atomic E-state index is -0.177. The topological polar surface area (TPSA) is 34.9 Å². The lowest BCUT2D eigenvalue weighted by Crippen LogP contribution is -2.24. The van der Waals surface area contributed by atoms with Crippen molar-refractivity contribution in [3.05, 3.63) is 74.8 Å². The van der Waals surface area contributed by atoms with Crippen LogP contribution < -0.4 is 5.56 Å². The van der Waals surface area contributed by atoms with Crippen molar-refractivity contribution in [3.8, 4) is 0 Å². The molecule has 0 spiro atoms. The molecule has 3 aromatic rings. The van der Waals surface area contributed by atoms with Crippen molar-refractivity contribution in [2.75, 3.05) is 0 Å². The van der Waals surface area contributed by atoms with Gasteiger partial charge >= 0.3 is 0 Å². The van der Waals surface area contributed by atoms with Gasteiger partial charge in [0.25, 0.3) is 5.56 Å². The molecule has 1 heterocycles. The van der Waals surface area contributed by atoms with Crippen molar-refractivity contribution in [1.82, 2.24) is 9.55 Å². The third-order valence-corrected chi connectivity index (χ3v) is 4.27. The molecule has 3 rings (SSSR count). The molecule has 2 aromatic carbocycles.